The lowest BCUT2D eigenvalue weighted by Crippen LogP contribution is -2.23. The molecule has 4 nitrogen and oxygen atoms in total. The Morgan fingerprint density at radius 2 is 2.05 bits per heavy atom. The maximum absolute atomic E-state index is 12.1. The summed E-state index contributed by atoms with van der Waals surface area (Å²) in [5.41, 5.74) is 0.597. The van der Waals surface area contributed by atoms with E-state index in [2.05, 4.69) is 15.3 Å². The zero-order valence-electron chi connectivity index (χ0n) is 12.0. The molecule has 0 aromatic carbocycles. The second-order valence-corrected chi connectivity index (χ2v) is 6.87. The molecule has 1 N–H and O–H groups in total. The van der Waals surface area contributed by atoms with E-state index in [9.17, 15) is 4.79 Å². The third-order valence-corrected chi connectivity index (χ3v) is 4.08. The lowest BCUT2D eigenvalue weighted by atomic mass is 9.83. The van der Waals surface area contributed by atoms with Gasteiger partial charge >= 0.3 is 0 Å². The molecule has 1 unspecified atom stereocenters. The van der Waals surface area contributed by atoms with Gasteiger partial charge in [-0.15, -0.1) is 0 Å². The highest BCUT2D eigenvalue weighted by Gasteiger charge is 2.28. The van der Waals surface area contributed by atoms with Crippen LogP contribution in [-0.2, 0) is 4.79 Å². The average molecular weight is 316 g/mol. The number of ketones is 1. The fourth-order valence-electron chi connectivity index (χ4n) is 2.39. The van der Waals surface area contributed by atoms with Crippen LogP contribution in [0.25, 0.3) is 0 Å². The number of hydrogen-bond acceptors (Lipinski definition) is 4. The first-order chi connectivity index (χ1) is 9.29. The van der Waals surface area contributed by atoms with Gasteiger partial charge in [0.2, 0.25) is 5.28 Å². The van der Waals surface area contributed by atoms with Crippen LogP contribution >= 0.6 is 23.2 Å². The first kappa shape index (κ1) is 15.5. The Labute approximate surface area is 129 Å². The first-order valence-corrected chi connectivity index (χ1v) is 7.54. The van der Waals surface area contributed by atoms with Gasteiger partial charge in [-0.1, -0.05) is 32.4 Å². The van der Waals surface area contributed by atoms with Crippen molar-refractivity contribution in [1.29, 1.82) is 0 Å². The van der Waals surface area contributed by atoms with Gasteiger partial charge in [0.1, 0.15) is 16.8 Å². The molecule has 6 heteroatoms. The molecule has 0 amide bonds. The lowest BCUT2D eigenvalue weighted by Gasteiger charge is -2.27. The van der Waals surface area contributed by atoms with Gasteiger partial charge in [-0.3, -0.25) is 4.79 Å². The highest BCUT2D eigenvalue weighted by molar-refractivity contribution is 6.32. The van der Waals surface area contributed by atoms with Crippen molar-refractivity contribution in [2.45, 2.75) is 46.0 Å². The summed E-state index contributed by atoms with van der Waals surface area (Å²) in [7, 11) is 0. The second-order valence-electron chi connectivity index (χ2n) is 6.17. The van der Waals surface area contributed by atoms with Gasteiger partial charge in [0.05, 0.1) is 0 Å². The SMILES string of the molecule is CC(C)(C)C(=O)CCC1CCNc2nc(Cl)nc(Cl)c21. The summed E-state index contributed by atoms with van der Waals surface area (Å²) in [4.78, 5) is 20.2. The van der Waals surface area contributed by atoms with Gasteiger partial charge in [0.25, 0.3) is 0 Å². The molecule has 0 fully saturated rings. The Morgan fingerprint density at radius 1 is 1.35 bits per heavy atom. The number of nitrogens with zero attached hydrogens (tertiary/aromatic N) is 2. The van der Waals surface area contributed by atoms with Crippen molar-refractivity contribution in [2.75, 3.05) is 11.9 Å². The number of rotatable bonds is 3. The number of carbonyl (C=O) groups excluding carboxylic acids is 1. The average Bonchev–Trinajstić information content (AvgIpc) is 2.33. The molecule has 0 saturated heterocycles. The number of nitrogens with one attached hydrogen (secondary N) is 1. The van der Waals surface area contributed by atoms with Gasteiger partial charge < -0.3 is 5.32 Å². The van der Waals surface area contributed by atoms with Gasteiger partial charge in [-0.2, -0.15) is 0 Å². The van der Waals surface area contributed by atoms with Crippen LogP contribution in [0.4, 0.5) is 5.82 Å². The minimum absolute atomic E-state index is 0.146. The van der Waals surface area contributed by atoms with E-state index >= 15 is 0 Å². The van der Waals surface area contributed by atoms with Crippen LogP contribution in [0.1, 0.15) is 51.5 Å². The van der Waals surface area contributed by atoms with E-state index in [1.165, 1.54) is 0 Å². The molecule has 0 bridgehead atoms. The molecular formula is C14H19Cl2N3O. The van der Waals surface area contributed by atoms with Gasteiger partial charge in [-0.25, -0.2) is 9.97 Å². The summed E-state index contributed by atoms with van der Waals surface area (Å²) in [5, 5.41) is 3.72. The van der Waals surface area contributed by atoms with Crippen molar-refractivity contribution >= 4 is 34.8 Å². The zero-order chi connectivity index (χ0) is 14.9. The quantitative estimate of drug-likeness (QED) is 0.674. The first-order valence-electron chi connectivity index (χ1n) is 6.79. The Balaban J connectivity index is 2.15. The molecule has 1 aromatic heterocycles. The summed E-state index contributed by atoms with van der Waals surface area (Å²) in [6.07, 6.45) is 2.25. The Bertz CT molecular complexity index is 526. The standard InChI is InChI=1S/C14H19Cl2N3O/c1-14(2,3)9(20)5-4-8-6-7-17-12-10(8)11(15)18-13(16)19-12/h8H,4-7H2,1-3H3,(H,17,18,19). The van der Waals surface area contributed by atoms with Gasteiger partial charge in [0, 0.05) is 23.9 Å². The summed E-state index contributed by atoms with van der Waals surface area (Å²) in [6, 6.07) is 0. The zero-order valence-corrected chi connectivity index (χ0v) is 13.5. The van der Waals surface area contributed by atoms with E-state index in [1.807, 2.05) is 20.8 Å². The van der Waals surface area contributed by atoms with E-state index < -0.39 is 0 Å². The van der Waals surface area contributed by atoms with Crippen LogP contribution in [0.5, 0.6) is 0 Å². The molecule has 1 aliphatic heterocycles. The predicted molar refractivity (Wildman–Crippen MR) is 81.6 cm³/mol. The minimum Gasteiger partial charge on any atom is -0.370 e. The van der Waals surface area contributed by atoms with Crippen LogP contribution in [0.2, 0.25) is 10.4 Å². The fraction of sp³-hybridized carbons (Fsp3) is 0.643. The Kier molecular flexibility index (Phi) is 4.55. The summed E-state index contributed by atoms with van der Waals surface area (Å²) >= 11 is 12.0. The second kappa shape index (κ2) is 5.86. The van der Waals surface area contributed by atoms with Crippen LogP contribution < -0.4 is 5.32 Å². The molecule has 2 heterocycles. The van der Waals surface area contributed by atoms with Crippen LogP contribution in [0.3, 0.4) is 0 Å². The maximum atomic E-state index is 12.1. The summed E-state index contributed by atoms with van der Waals surface area (Å²) in [5.74, 6) is 1.18. The van der Waals surface area contributed by atoms with Crippen molar-refractivity contribution in [3.8, 4) is 0 Å². The molecule has 20 heavy (non-hydrogen) atoms. The van der Waals surface area contributed by atoms with Crippen molar-refractivity contribution in [3.63, 3.8) is 0 Å². The highest BCUT2D eigenvalue weighted by Crippen LogP contribution is 2.38. The predicted octanol–water partition coefficient (Wildman–Crippen LogP) is 4.08. The number of fused-ring (bicyclic) bond motifs is 1. The molecular weight excluding hydrogens is 297 g/mol. The van der Waals surface area contributed by atoms with E-state index in [4.69, 9.17) is 23.2 Å². The minimum atomic E-state index is -0.296. The van der Waals surface area contributed by atoms with E-state index in [0.29, 0.717) is 17.4 Å². The van der Waals surface area contributed by atoms with Gasteiger partial charge in [-0.05, 0) is 30.4 Å². The third-order valence-electron chi connectivity index (χ3n) is 3.62. The van der Waals surface area contributed by atoms with E-state index in [1.54, 1.807) is 0 Å². The number of carbonyl (C=O) groups is 1. The van der Waals surface area contributed by atoms with Crippen LogP contribution in [0, 0.1) is 5.41 Å². The number of halogens is 2. The molecule has 1 aromatic rings. The van der Waals surface area contributed by atoms with E-state index in [0.717, 1.165) is 24.9 Å². The summed E-state index contributed by atoms with van der Waals surface area (Å²) < 4.78 is 0. The smallest absolute Gasteiger partial charge is 0.225 e. The molecule has 0 spiro atoms. The number of Topliss-reactive ketones (excluding diaryl/α,β-unsaturated/α-hetero) is 1. The Hall–Kier alpha value is -0.870. The van der Waals surface area contributed by atoms with Crippen molar-refractivity contribution in [1.82, 2.24) is 9.97 Å². The molecule has 0 radical (unpaired) electrons. The Morgan fingerprint density at radius 3 is 2.70 bits per heavy atom. The normalized spacial score (nSPS) is 18.4. The van der Waals surface area contributed by atoms with Crippen LogP contribution in [0.15, 0.2) is 0 Å². The van der Waals surface area contributed by atoms with Crippen LogP contribution in [-0.4, -0.2) is 22.3 Å². The van der Waals surface area contributed by atoms with Crippen molar-refractivity contribution < 1.29 is 4.79 Å². The lowest BCUT2D eigenvalue weighted by molar-refractivity contribution is -0.126. The molecule has 0 saturated carbocycles. The topological polar surface area (TPSA) is 54.9 Å². The van der Waals surface area contributed by atoms with Crippen molar-refractivity contribution in [2.24, 2.45) is 5.41 Å². The number of anilines is 1. The monoisotopic (exact) mass is 315 g/mol. The maximum Gasteiger partial charge on any atom is 0.225 e. The van der Waals surface area contributed by atoms with Crippen molar-refractivity contribution in [3.05, 3.63) is 16.0 Å². The molecule has 110 valence electrons. The molecule has 1 aliphatic rings. The number of hydrogen-bond donors (Lipinski definition) is 1. The largest absolute Gasteiger partial charge is 0.370 e. The molecule has 2 rings (SSSR count). The molecule has 1 atom stereocenters. The highest BCUT2D eigenvalue weighted by atomic mass is 35.5. The van der Waals surface area contributed by atoms with E-state index in [-0.39, 0.29) is 22.4 Å². The fourth-order valence-corrected chi connectivity index (χ4v) is 2.93. The molecule has 0 aliphatic carbocycles. The summed E-state index contributed by atoms with van der Waals surface area (Å²) in [6.45, 7) is 6.65. The van der Waals surface area contributed by atoms with Gasteiger partial charge in [0.15, 0.2) is 0 Å². The number of aromatic nitrogens is 2. The third kappa shape index (κ3) is 3.41.